The molecule has 0 atom stereocenters. The minimum absolute atomic E-state index is 0.109. The van der Waals surface area contributed by atoms with Gasteiger partial charge in [-0.1, -0.05) is 24.3 Å². The number of hydrogen-bond donors (Lipinski definition) is 3. The number of carbonyl (C=O) groups is 2. The van der Waals surface area contributed by atoms with Crippen molar-refractivity contribution in [2.24, 2.45) is 5.10 Å². The summed E-state index contributed by atoms with van der Waals surface area (Å²) >= 11 is 0. The van der Waals surface area contributed by atoms with Gasteiger partial charge in [-0.05, 0) is 30.7 Å². The minimum atomic E-state index is -0.920. The van der Waals surface area contributed by atoms with Gasteiger partial charge in [0.15, 0.2) is 11.5 Å². The fraction of sp³-hybridized carbons (Fsp3) is 0.118. The predicted molar refractivity (Wildman–Crippen MR) is 90.2 cm³/mol. The number of aromatic hydroxyl groups is 1. The van der Waals surface area contributed by atoms with Gasteiger partial charge >= 0.3 is 11.8 Å². The van der Waals surface area contributed by atoms with E-state index in [4.69, 9.17) is 4.74 Å². The largest absolute Gasteiger partial charge is 0.504 e. The van der Waals surface area contributed by atoms with Crippen molar-refractivity contribution < 1.29 is 19.4 Å². The highest BCUT2D eigenvalue weighted by atomic mass is 16.5. The third-order valence-electron chi connectivity index (χ3n) is 3.22. The lowest BCUT2D eigenvalue weighted by Crippen LogP contribution is -2.32. The topological polar surface area (TPSA) is 100 Å². The van der Waals surface area contributed by atoms with E-state index in [0.717, 1.165) is 5.56 Å². The molecule has 2 aromatic carbocycles. The normalized spacial score (nSPS) is 10.4. The van der Waals surface area contributed by atoms with Crippen molar-refractivity contribution in [2.45, 2.75) is 6.92 Å². The van der Waals surface area contributed by atoms with Crippen LogP contribution in [0.1, 0.15) is 11.1 Å². The fourth-order valence-corrected chi connectivity index (χ4v) is 1.91. The van der Waals surface area contributed by atoms with Crippen LogP contribution in [-0.2, 0) is 9.59 Å². The average molecular weight is 327 g/mol. The summed E-state index contributed by atoms with van der Waals surface area (Å²) in [5.74, 6) is -1.59. The van der Waals surface area contributed by atoms with Gasteiger partial charge in [-0.25, -0.2) is 5.43 Å². The van der Waals surface area contributed by atoms with Gasteiger partial charge in [-0.15, -0.1) is 0 Å². The molecule has 2 aromatic rings. The van der Waals surface area contributed by atoms with Gasteiger partial charge in [0.1, 0.15) is 0 Å². The number of ether oxygens (including phenoxy) is 1. The second kappa shape index (κ2) is 7.77. The summed E-state index contributed by atoms with van der Waals surface area (Å²) in [6, 6.07) is 11.9. The Balaban J connectivity index is 1.98. The molecule has 3 N–H and O–H groups in total. The van der Waals surface area contributed by atoms with Crippen molar-refractivity contribution in [1.82, 2.24) is 5.43 Å². The molecule has 0 heterocycles. The molecule has 0 aliphatic heterocycles. The Bertz CT molecular complexity index is 787. The first-order valence-corrected chi connectivity index (χ1v) is 7.09. The van der Waals surface area contributed by atoms with Crippen molar-refractivity contribution in [3.8, 4) is 11.5 Å². The molecule has 24 heavy (non-hydrogen) atoms. The average Bonchev–Trinajstić information content (AvgIpc) is 2.58. The molecule has 0 bridgehead atoms. The van der Waals surface area contributed by atoms with E-state index in [2.05, 4.69) is 15.8 Å². The number of methoxy groups -OCH3 is 1. The number of nitrogens with one attached hydrogen (secondary N) is 2. The quantitative estimate of drug-likeness (QED) is 0.453. The Morgan fingerprint density at radius 1 is 1.12 bits per heavy atom. The number of phenolic OH excluding ortho intramolecular Hbond substituents is 1. The molecule has 0 saturated heterocycles. The molecule has 0 unspecified atom stereocenters. The number of carbonyl (C=O) groups excluding carboxylic acids is 2. The Morgan fingerprint density at radius 3 is 2.58 bits per heavy atom. The maximum Gasteiger partial charge on any atom is 0.329 e. The Labute approximate surface area is 139 Å². The van der Waals surface area contributed by atoms with Crippen molar-refractivity contribution in [2.75, 3.05) is 12.4 Å². The van der Waals surface area contributed by atoms with E-state index >= 15 is 0 Å². The lowest BCUT2D eigenvalue weighted by molar-refractivity contribution is -0.136. The number of anilines is 1. The molecule has 7 nitrogen and oxygen atoms in total. The second-order valence-electron chi connectivity index (χ2n) is 4.87. The third-order valence-corrected chi connectivity index (χ3v) is 3.22. The van der Waals surface area contributed by atoms with Gasteiger partial charge in [0.2, 0.25) is 0 Å². The number of rotatable bonds is 4. The number of hydrogen-bond acceptors (Lipinski definition) is 5. The standard InChI is InChI=1S/C17H17N3O4/c1-11-6-3-4-8-13(11)19-16(22)17(23)20-18-10-12-7-5-9-14(24-2)15(12)21/h3-10,21H,1-2H3,(H,19,22)(H,20,23)/b18-10+. The number of amides is 2. The van der Waals surface area contributed by atoms with E-state index in [1.165, 1.54) is 13.3 Å². The van der Waals surface area contributed by atoms with Gasteiger partial charge in [-0.2, -0.15) is 5.10 Å². The molecular formula is C17H17N3O4. The molecule has 0 aromatic heterocycles. The molecule has 2 amide bonds. The second-order valence-corrected chi connectivity index (χ2v) is 4.87. The molecule has 0 spiro atoms. The lowest BCUT2D eigenvalue weighted by atomic mass is 10.2. The Morgan fingerprint density at radius 2 is 1.88 bits per heavy atom. The molecule has 0 radical (unpaired) electrons. The zero-order chi connectivity index (χ0) is 17.5. The van der Waals surface area contributed by atoms with Crippen molar-refractivity contribution in [3.63, 3.8) is 0 Å². The van der Waals surface area contributed by atoms with E-state index in [1.54, 1.807) is 30.3 Å². The van der Waals surface area contributed by atoms with E-state index in [-0.39, 0.29) is 11.5 Å². The number of hydrazone groups is 1. The van der Waals surface area contributed by atoms with Crippen LogP contribution in [0.3, 0.4) is 0 Å². The summed E-state index contributed by atoms with van der Waals surface area (Å²) in [5, 5.41) is 16.0. The Kier molecular flexibility index (Phi) is 5.51. The van der Waals surface area contributed by atoms with Gasteiger partial charge < -0.3 is 15.2 Å². The van der Waals surface area contributed by atoms with Gasteiger partial charge in [0.05, 0.1) is 13.3 Å². The monoisotopic (exact) mass is 327 g/mol. The highest BCUT2D eigenvalue weighted by Gasteiger charge is 2.13. The van der Waals surface area contributed by atoms with Gasteiger partial charge in [0, 0.05) is 11.3 Å². The first kappa shape index (κ1) is 17.0. The predicted octanol–water partition coefficient (Wildman–Crippen LogP) is 1.80. The van der Waals surface area contributed by atoms with Crippen molar-refractivity contribution in [1.29, 1.82) is 0 Å². The van der Waals surface area contributed by atoms with E-state index in [9.17, 15) is 14.7 Å². The van der Waals surface area contributed by atoms with E-state index in [0.29, 0.717) is 11.3 Å². The van der Waals surface area contributed by atoms with Crippen molar-refractivity contribution >= 4 is 23.7 Å². The van der Waals surface area contributed by atoms with Crippen molar-refractivity contribution in [3.05, 3.63) is 53.6 Å². The molecular weight excluding hydrogens is 310 g/mol. The number of phenols is 1. The maximum atomic E-state index is 11.8. The summed E-state index contributed by atoms with van der Waals surface area (Å²) in [6.07, 6.45) is 1.22. The summed E-state index contributed by atoms with van der Waals surface area (Å²) in [5.41, 5.74) is 3.83. The smallest absolute Gasteiger partial charge is 0.329 e. The molecule has 2 rings (SSSR count). The van der Waals surface area contributed by atoms with E-state index in [1.807, 2.05) is 19.1 Å². The highest BCUT2D eigenvalue weighted by molar-refractivity contribution is 6.39. The van der Waals surface area contributed by atoms with Gasteiger partial charge in [0.25, 0.3) is 0 Å². The first-order valence-electron chi connectivity index (χ1n) is 7.09. The molecule has 124 valence electrons. The van der Waals surface area contributed by atoms with E-state index < -0.39 is 11.8 Å². The molecule has 0 fully saturated rings. The van der Waals surface area contributed by atoms with Crippen LogP contribution in [0.25, 0.3) is 0 Å². The number of para-hydroxylation sites is 2. The van der Waals surface area contributed by atoms with Crippen LogP contribution < -0.4 is 15.5 Å². The first-order chi connectivity index (χ1) is 11.5. The van der Waals surface area contributed by atoms with Crippen LogP contribution >= 0.6 is 0 Å². The number of benzene rings is 2. The lowest BCUT2D eigenvalue weighted by Gasteiger charge is -2.07. The molecule has 0 aliphatic rings. The fourth-order valence-electron chi connectivity index (χ4n) is 1.91. The molecule has 7 heteroatoms. The molecule has 0 aliphatic carbocycles. The summed E-state index contributed by atoms with van der Waals surface area (Å²) in [4.78, 5) is 23.5. The zero-order valence-corrected chi connectivity index (χ0v) is 13.2. The number of aryl methyl sites for hydroxylation is 1. The summed E-state index contributed by atoms with van der Waals surface area (Å²) < 4.78 is 4.97. The van der Waals surface area contributed by atoms with Crippen LogP contribution in [0, 0.1) is 6.92 Å². The van der Waals surface area contributed by atoms with Crippen LogP contribution in [0.2, 0.25) is 0 Å². The summed E-state index contributed by atoms with van der Waals surface area (Å²) in [6.45, 7) is 1.82. The van der Waals surface area contributed by atoms with Crippen LogP contribution in [0.5, 0.6) is 11.5 Å². The SMILES string of the molecule is COc1cccc(/C=N/NC(=O)C(=O)Nc2ccccc2C)c1O. The Hall–Kier alpha value is -3.35. The van der Waals surface area contributed by atoms with Crippen LogP contribution in [0.15, 0.2) is 47.6 Å². The minimum Gasteiger partial charge on any atom is -0.504 e. The summed E-state index contributed by atoms with van der Waals surface area (Å²) in [7, 11) is 1.42. The van der Waals surface area contributed by atoms with Crippen LogP contribution in [-0.4, -0.2) is 30.2 Å². The molecule has 0 saturated carbocycles. The van der Waals surface area contributed by atoms with Crippen LogP contribution in [0.4, 0.5) is 5.69 Å². The zero-order valence-electron chi connectivity index (χ0n) is 13.2. The maximum absolute atomic E-state index is 11.8. The third kappa shape index (κ3) is 4.10. The highest BCUT2D eigenvalue weighted by Crippen LogP contribution is 2.27. The number of nitrogens with zero attached hydrogens (tertiary/aromatic N) is 1. The van der Waals surface area contributed by atoms with Gasteiger partial charge in [-0.3, -0.25) is 9.59 Å².